The second kappa shape index (κ2) is 6.57. The van der Waals surface area contributed by atoms with Crippen molar-refractivity contribution in [1.29, 1.82) is 0 Å². The first kappa shape index (κ1) is 16.8. The van der Waals surface area contributed by atoms with Crippen molar-refractivity contribution in [2.24, 2.45) is 0 Å². The van der Waals surface area contributed by atoms with E-state index < -0.39 is 0 Å². The summed E-state index contributed by atoms with van der Waals surface area (Å²) in [6.07, 6.45) is 1.71. The minimum absolute atomic E-state index is 0.408. The number of anilines is 2. The van der Waals surface area contributed by atoms with Crippen LogP contribution in [0.4, 0.5) is 11.5 Å². The van der Waals surface area contributed by atoms with Crippen LogP contribution >= 0.6 is 0 Å². The molecule has 0 unspecified atom stereocenters. The molecule has 0 bridgehead atoms. The molecule has 4 N–H and O–H groups in total. The summed E-state index contributed by atoms with van der Waals surface area (Å²) in [4.78, 5) is 13.3. The van der Waals surface area contributed by atoms with Gasteiger partial charge in [0.15, 0.2) is 5.82 Å². The van der Waals surface area contributed by atoms with Crippen LogP contribution in [0.1, 0.15) is 11.3 Å². The van der Waals surface area contributed by atoms with Gasteiger partial charge in [-0.2, -0.15) is 0 Å². The van der Waals surface area contributed by atoms with Crippen molar-refractivity contribution in [2.45, 2.75) is 13.8 Å². The normalized spacial score (nSPS) is 10.9. The number of fused-ring (bicyclic) bond motifs is 1. The van der Waals surface area contributed by atoms with Crippen LogP contribution in [0, 0.1) is 13.8 Å². The fraction of sp³-hybridized carbons (Fsp3) is 0.0952. The first-order valence-corrected chi connectivity index (χ1v) is 8.54. The summed E-state index contributed by atoms with van der Waals surface area (Å²) in [5.41, 5.74) is 16.1. The summed E-state index contributed by atoms with van der Waals surface area (Å²) in [5, 5.41) is 0.752. The molecule has 0 saturated carbocycles. The van der Waals surface area contributed by atoms with Gasteiger partial charge in [0.05, 0.1) is 11.7 Å². The molecule has 2 aromatic carbocycles. The van der Waals surface area contributed by atoms with Gasteiger partial charge < -0.3 is 16.2 Å². The number of aryl methyl sites for hydroxylation is 2. The number of benzene rings is 2. The van der Waals surface area contributed by atoms with Crippen LogP contribution in [0.2, 0.25) is 0 Å². The lowest BCUT2D eigenvalue weighted by Gasteiger charge is -2.11. The number of aromatic nitrogens is 3. The molecule has 2 heterocycles. The van der Waals surface area contributed by atoms with Gasteiger partial charge in [0, 0.05) is 22.3 Å². The Morgan fingerprint density at radius 2 is 1.74 bits per heavy atom. The van der Waals surface area contributed by atoms with Crippen LogP contribution < -0.4 is 16.2 Å². The van der Waals surface area contributed by atoms with Gasteiger partial charge in [-0.1, -0.05) is 0 Å². The van der Waals surface area contributed by atoms with Gasteiger partial charge >= 0.3 is 0 Å². The Balaban J connectivity index is 1.68. The lowest BCUT2D eigenvalue weighted by atomic mass is 10.1. The molecule has 0 amide bonds. The second-order valence-electron chi connectivity index (χ2n) is 6.43. The number of pyridine rings is 1. The number of ether oxygens (including phenoxy) is 1. The van der Waals surface area contributed by atoms with Crippen molar-refractivity contribution >= 4 is 22.4 Å². The van der Waals surface area contributed by atoms with E-state index in [9.17, 15) is 0 Å². The van der Waals surface area contributed by atoms with Gasteiger partial charge in [-0.25, -0.2) is 9.97 Å². The highest BCUT2D eigenvalue weighted by molar-refractivity contribution is 5.91. The lowest BCUT2D eigenvalue weighted by Crippen LogP contribution is -1.99. The van der Waals surface area contributed by atoms with Crippen molar-refractivity contribution in [3.63, 3.8) is 0 Å². The molecule has 4 aromatic rings. The predicted molar refractivity (Wildman–Crippen MR) is 108 cm³/mol. The molecule has 0 saturated heterocycles. The third kappa shape index (κ3) is 3.37. The fourth-order valence-corrected chi connectivity index (χ4v) is 2.84. The van der Waals surface area contributed by atoms with Crippen molar-refractivity contribution in [3.8, 4) is 22.9 Å². The summed E-state index contributed by atoms with van der Waals surface area (Å²) in [7, 11) is 0. The van der Waals surface area contributed by atoms with Crippen LogP contribution in [-0.4, -0.2) is 15.0 Å². The Labute approximate surface area is 156 Å². The smallest absolute Gasteiger partial charge is 0.162 e. The minimum Gasteiger partial charge on any atom is -0.455 e. The standard InChI is InChI=1S/C21H19N5O/c1-12-9-14(4-8-19(12)27-16-6-3-13(2)24-11-16)21-25-18-7-5-15(22)10-17(18)20(23)26-21/h3-11H,22H2,1-2H3,(H2,23,25,26). The van der Waals surface area contributed by atoms with Gasteiger partial charge in [0.25, 0.3) is 0 Å². The topological polar surface area (TPSA) is 99.9 Å². The zero-order chi connectivity index (χ0) is 19.0. The quantitative estimate of drug-likeness (QED) is 0.531. The Morgan fingerprint density at radius 1 is 0.889 bits per heavy atom. The molecule has 0 atom stereocenters. The van der Waals surface area contributed by atoms with Crippen molar-refractivity contribution < 1.29 is 4.74 Å². The zero-order valence-corrected chi connectivity index (χ0v) is 15.1. The van der Waals surface area contributed by atoms with Gasteiger partial charge in [-0.15, -0.1) is 0 Å². The second-order valence-corrected chi connectivity index (χ2v) is 6.43. The maximum absolute atomic E-state index is 6.11. The number of hydrogen-bond donors (Lipinski definition) is 2. The number of nitrogens with two attached hydrogens (primary N) is 2. The Morgan fingerprint density at radius 3 is 2.48 bits per heavy atom. The van der Waals surface area contributed by atoms with Crippen molar-refractivity contribution in [2.75, 3.05) is 11.5 Å². The summed E-state index contributed by atoms with van der Waals surface area (Å²) in [6, 6.07) is 15.0. The van der Waals surface area contributed by atoms with Gasteiger partial charge in [0.2, 0.25) is 0 Å². The highest BCUT2D eigenvalue weighted by atomic mass is 16.5. The van der Waals surface area contributed by atoms with E-state index in [0.29, 0.717) is 23.1 Å². The highest BCUT2D eigenvalue weighted by Crippen LogP contribution is 2.30. The maximum Gasteiger partial charge on any atom is 0.162 e. The maximum atomic E-state index is 6.11. The van der Waals surface area contributed by atoms with E-state index in [1.165, 1.54) is 0 Å². The summed E-state index contributed by atoms with van der Waals surface area (Å²) < 4.78 is 5.92. The van der Waals surface area contributed by atoms with Crippen LogP contribution in [0.3, 0.4) is 0 Å². The van der Waals surface area contributed by atoms with Crippen LogP contribution in [0.5, 0.6) is 11.5 Å². The molecule has 6 heteroatoms. The van der Waals surface area contributed by atoms with E-state index in [2.05, 4.69) is 15.0 Å². The SMILES string of the molecule is Cc1ccc(Oc2ccc(-c3nc(N)c4cc(N)ccc4n3)cc2C)cn1. The Hall–Kier alpha value is -3.67. The van der Waals surface area contributed by atoms with Crippen molar-refractivity contribution in [1.82, 2.24) is 15.0 Å². The number of nitrogen functional groups attached to an aromatic ring is 2. The molecule has 0 aliphatic rings. The average molecular weight is 357 g/mol. The van der Waals surface area contributed by atoms with Gasteiger partial charge in [-0.05, 0) is 67.9 Å². The zero-order valence-electron chi connectivity index (χ0n) is 15.1. The van der Waals surface area contributed by atoms with Crippen LogP contribution in [0.15, 0.2) is 54.7 Å². The van der Waals surface area contributed by atoms with E-state index in [1.54, 1.807) is 18.3 Å². The fourth-order valence-electron chi connectivity index (χ4n) is 2.84. The van der Waals surface area contributed by atoms with E-state index in [4.69, 9.17) is 16.2 Å². The molecule has 0 fully saturated rings. The highest BCUT2D eigenvalue weighted by Gasteiger charge is 2.10. The molecule has 0 spiro atoms. The summed E-state index contributed by atoms with van der Waals surface area (Å²) >= 11 is 0. The van der Waals surface area contributed by atoms with E-state index >= 15 is 0 Å². The molecular formula is C21H19N5O. The molecule has 0 radical (unpaired) electrons. The summed E-state index contributed by atoms with van der Waals surface area (Å²) in [5.74, 6) is 2.42. The first-order valence-electron chi connectivity index (χ1n) is 8.54. The van der Waals surface area contributed by atoms with E-state index in [-0.39, 0.29) is 0 Å². The van der Waals surface area contributed by atoms with E-state index in [1.807, 2.05) is 50.2 Å². The molecular weight excluding hydrogens is 338 g/mol. The molecule has 0 aliphatic heterocycles. The first-order chi connectivity index (χ1) is 13.0. The number of nitrogens with zero attached hydrogens (tertiary/aromatic N) is 3. The Bertz CT molecular complexity index is 1140. The van der Waals surface area contributed by atoms with Gasteiger partial charge in [-0.3, -0.25) is 4.98 Å². The van der Waals surface area contributed by atoms with Crippen molar-refractivity contribution in [3.05, 3.63) is 66.0 Å². The molecule has 6 nitrogen and oxygen atoms in total. The largest absolute Gasteiger partial charge is 0.455 e. The molecule has 0 aliphatic carbocycles. The third-order valence-electron chi connectivity index (χ3n) is 4.29. The molecule has 27 heavy (non-hydrogen) atoms. The molecule has 4 rings (SSSR count). The molecule has 2 aromatic heterocycles. The Kier molecular flexibility index (Phi) is 4.08. The predicted octanol–water partition coefficient (Wildman–Crippen LogP) is 4.27. The number of rotatable bonds is 3. The van der Waals surface area contributed by atoms with Crippen LogP contribution in [0.25, 0.3) is 22.3 Å². The van der Waals surface area contributed by atoms with Gasteiger partial charge in [0.1, 0.15) is 17.3 Å². The molecule has 134 valence electrons. The lowest BCUT2D eigenvalue weighted by molar-refractivity contribution is 0.476. The average Bonchev–Trinajstić information content (AvgIpc) is 2.65. The monoisotopic (exact) mass is 357 g/mol. The summed E-state index contributed by atoms with van der Waals surface area (Å²) in [6.45, 7) is 3.92. The van der Waals surface area contributed by atoms with Crippen LogP contribution in [-0.2, 0) is 0 Å². The number of hydrogen-bond acceptors (Lipinski definition) is 6. The third-order valence-corrected chi connectivity index (χ3v) is 4.29. The minimum atomic E-state index is 0.408. The van der Waals surface area contributed by atoms with E-state index in [0.717, 1.165) is 33.5 Å².